The minimum atomic E-state index is -0.682. The van der Waals surface area contributed by atoms with Gasteiger partial charge >= 0.3 is 5.95 Å². The van der Waals surface area contributed by atoms with Crippen molar-refractivity contribution in [2.75, 3.05) is 0 Å². The Bertz CT molecular complexity index is 382. The molecule has 1 fully saturated rings. The van der Waals surface area contributed by atoms with Gasteiger partial charge in [0.05, 0.1) is 0 Å². The molecular weight excluding hydrogens is 188 g/mol. The predicted molar refractivity (Wildman–Crippen MR) is 44.4 cm³/mol. The molecule has 0 radical (unpaired) electrons. The summed E-state index contributed by atoms with van der Waals surface area (Å²) in [5, 5.41) is 13.8. The van der Waals surface area contributed by atoms with Gasteiger partial charge in [-0.25, -0.2) is 0 Å². The molecule has 0 amide bonds. The fraction of sp³-hybridized carbons (Fsp3) is 0.571. The van der Waals surface area contributed by atoms with Crippen molar-refractivity contribution in [3.05, 3.63) is 16.4 Å². The van der Waals surface area contributed by atoms with Gasteiger partial charge in [-0.3, -0.25) is 4.79 Å². The molecule has 2 rings (SSSR count). The Hall–Kier alpha value is -1.79. The van der Waals surface area contributed by atoms with Gasteiger partial charge in [0.1, 0.15) is 6.54 Å². The third-order valence-electron chi connectivity index (χ3n) is 2.04. The van der Waals surface area contributed by atoms with E-state index >= 15 is 0 Å². The van der Waals surface area contributed by atoms with E-state index in [1.807, 2.05) is 0 Å². The van der Waals surface area contributed by atoms with Crippen molar-refractivity contribution in [1.82, 2.24) is 14.8 Å². The first kappa shape index (κ1) is 8.79. The fourth-order valence-electron chi connectivity index (χ4n) is 1.14. The molecule has 0 saturated heterocycles. The van der Waals surface area contributed by atoms with Crippen molar-refractivity contribution in [2.45, 2.75) is 19.4 Å². The van der Waals surface area contributed by atoms with Crippen molar-refractivity contribution in [2.24, 2.45) is 5.92 Å². The van der Waals surface area contributed by atoms with Crippen LogP contribution in [0.5, 0.6) is 0 Å². The Morgan fingerprint density at radius 1 is 1.71 bits per heavy atom. The number of rotatable bonds is 4. The highest BCUT2D eigenvalue weighted by Gasteiger charge is 2.30. The van der Waals surface area contributed by atoms with Crippen LogP contribution in [0.3, 0.4) is 0 Å². The number of ketones is 1. The summed E-state index contributed by atoms with van der Waals surface area (Å²) < 4.78 is 1.21. The standard InChI is InChI=1S/C7H8N4O3/c12-6(5-1-2-5)3-10-4-8-7(9-10)11(13)14/h4-5H,1-3H2. The summed E-state index contributed by atoms with van der Waals surface area (Å²) in [4.78, 5) is 24.3. The Balaban J connectivity index is 2.02. The van der Waals surface area contributed by atoms with E-state index in [0.717, 1.165) is 12.8 Å². The molecular formula is C7H8N4O3. The van der Waals surface area contributed by atoms with E-state index in [4.69, 9.17) is 0 Å². The topological polar surface area (TPSA) is 90.9 Å². The van der Waals surface area contributed by atoms with Gasteiger partial charge in [-0.1, -0.05) is 4.98 Å². The summed E-state index contributed by atoms with van der Waals surface area (Å²) in [7, 11) is 0. The maximum Gasteiger partial charge on any atom is 0.490 e. The average molecular weight is 196 g/mol. The zero-order valence-corrected chi connectivity index (χ0v) is 7.29. The lowest BCUT2D eigenvalue weighted by Gasteiger charge is -1.92. The first-order valence-corrected chi connectivity index (χ1v) is 4.23. The highest BCUT2D eigenvalue weighted by molar-refractivity contribution is 5.82. The summed E-state index contributed by atoms with van der Waals surface area (Å²) in [6.07, 6.45) is 3.06. The van der Waals surface area contributed by atoms with Gasteiger partial charge in [0.25, 0.3) is 0 Å². The summed E-state index contributed by atoms with van der Waals surface area (Å²) in [6, 6.07) is 0. The van der Waals surface area contributed by atoms with Gasteiger partial charge in [-0.05, 0) is 17.8 Å². The van der Waals surface area contributed by atoms with Crippen LogP contribution in [0.25, 0.3) is 0 Å². The van der Waals surface area contributed by atoms with Gasteiger partial charge in [0, 0.05) is 11.0 Å². The molecule has 0 unspecified atom stereocenters. The predicted octanol–water partition coefficient (Wildman–Crippen LogP) is 0.165. The molecule has 14 heavy (non-hydrogen) atoms. The number of carbonyl (C=O) groups excluding carboxylic acids is 1. The molecule has 74 valence electrons. The average Bonchev–Trinajstić information content (AvgIpc) is 2.87. The maximum atomic E-state index is 11.3. The molecule has 1 aromatic heterocycles. The summed E-state index contributed by atoms with van der Waals surface area (Å²) >= 11 is 0. The molecule has 7 heteroatoms. The van der Waals surface area contributed by atoms with E-state index in [0.29, 0.717) is 0 Å². The van der Waals surface area contributed by atoms with E-state index in [1.165, 1.54) is 11.0 Å². The lowest BCUT2D eigenvalue weighted by molar-refractivity contribution is -0.394. The largest absolute Gasteiger partial charge is 0.490 e. The highest BCUT2D eigenvalue weighted by Crippen LogP contribution is 2.30. The Morgan fingerprint density at radius 3 is 2.93 bits per heavy atom. The van der Waals surface area contributed by atoms with Crippen molar-refractivity contribution >= 4 is 11.7 Å². The Labute approximate surface area is 78.9 Å². The lowest BCUT2D eigenvalue weighted by Crippen LogP contribution is -2.12. The van der Waals surface area contributed by atoms with Crippen molar-refractivity contribution in [1.29, 1.82) is 0 Å². The van der Waals surface area contributed by atoms with E-state index in [1.54, 1.807) is 0 Å². The number of hydrogen-bond donors (Lipinski definition) is 0. The fourth-order valence-corrected chi connectivity index (χ4v) is 1.14. The molecule has 0 aromatic carbocycles. The molecule has 1 saturated carbocycles. The van der Waals surface area contributed by atoms with Gasteiger partial charge in [-0.2, -0.15) is 4.68 Å². The second kappa shape index (κ2) is 3.17. The lowest BCUT2D eigenvalue weighted by atomic mass is 10.3. The smallest absolute Gasteiger partial charge is 0.390 e. The summed E-state index contributed by atoms with van der Waals surface area (Å²) in [5.74, 6) is -0.253. The quantitative estimate of drug-likeness (QED) is 0.505. The van der Waals surface area contributed by atoms with E-state index in [2.05, 4.69) is 10.1 Å². The number of Topliss-reactive ketones (excluding diaryl/α,β-unsaturated/α-hetero) is 1. The van der Waals surface area contributed by atoms with Gasteiger partial charge in [-0.15, -0.1) is 0 Å². The highest BCUT2D eigenvalue weighted by atomic mass is 16.6. The van der Waals surface area contributed by atoms with Crippen LogP contribution in [0.1, 0.15) is 12.8 Å². The molecule has 0 N–H and O–H groups in total. The number of hydrogen-bond acceptors (Lipinski definition) is 5. The number of nitrogens with zero attached hydrogens (tertiary/aromatic N) is 4. The second-order valence-corrected chi connectivity index (χ2v) is 3.24. The van der Waals surface area contributed by atoms with Crippen LogP contribution >= 0.6 is 0 Å². The number of carbonyl (C=O) groups is 1. The number of aromatic nitrogens is 3. The van der Waals surface area contributed by atoms with Crippen LogP contribution in [0.4, 0.5) is 5.95 Å². The van der Waals surface area contributed by atoms with Crippen LogP contribution in [-0.4, -0.2) is 25.5 Å². The van der Waals surface area contributed by atoms with Crippen LogP contribution in [0.15, 0.2) is 6.33 Å². The minimum absolute atomic E-state index is 0.0739. The molecule has 7 nitrogen and oxygen atoms in total. The SMILES string of the molecule is O=C(Cn1cnc([N+](=O)[O-])n1)C1CC1. The van der Waals surface area contributed by atoms with Crippen LogP contribution in [0, 0.1) is 16.0 Å². The second-order valence-electron chi connectivity index (χ2n) is 3.24. The molecule has 1 heterocycles. The monoisotopic (exact) mass is 196 g/mol. The maximum absolute atomic E-state index is 11.3. The minimum Gasteiger partial charge on any atom is -0.390 e. The first-order valence-electron chi connectivity index (χ1n) is 4.23. The van der Waals surface area contributed by atoms with Crippen molar-refractivity contribution in [3.63, 3.8) is 0 Å². The molecule has 1 aliphatic carbocycles. The van der Waals surface area contributed by atoms with Crippen molar-refractivity contribution in [3.8, 4) is 0 Å². The Morgan fingerprint density at radius 2 is 2.43 bits per heavy atom. The zero-order chi connectivity index (χ0) is 10.1. The van der Waals surface area contributed by atoms with Gasteiger partial charge in [0.2, 0.25) is 6.33 Å². The number of nitro groups is 1. The molecule has 1 aromatic rings. The Kier molecular flexibility index (Phi) is 1.99. The summed E-state index contributed by atoms with van der Waals surface area (Å²) in [5.41, 5.74) is 0. The summed E-state index contributed by atoms with van der Waals surface area (Å²) in [6.45, 7) is 0.0888. The van der Waals surface area contributed by atoms with Crippen molar-refractivity contribution < 1.29 is 9.72 Å². The van der Waals surface area contributed by atoms with Crippen LogP contribution in [0.2, 0.25) is 0 Å². The van der Waals surface area contributed by atoms with Crippen LogP contribution < -0.4 is 0 Å². The third kappa shape index (κ3) is 1.76. The molecule has 0 aliphatic heterocycles. The molecule has 0 atom stereocenters. The van der Waals surface area contributed by atoms with E-state index in [-0.39, 0.29) is 18.2 Å². The van der Waals surface area contributed by atoms with Crippen LogP contribution in [-0.2, 0) is 11.3 Å². The van der Waals surface area contributed by atoms with E-state index < -0.39 is 10.9 Å². The normalized spacial score (nSPS) is 15.4. The molecule has 1 aliphatic rings. The van der Waals surface area contributed by atoms with Gasteiger partial charge < -0.3 is 10.1 Å². The third-order valence-corrected chi connectivity index (χ3v) is 2.04. The molecule has 0 bridgehead atoms. The van der Waals surface area contributed by atoms with E-state index in [9.17, 15) is 14.9 Å². The van der Waals surface area contributed by atoms with Gasteiger partial charge in [0.15, 0.2) is 5.78 Å². The zero-order valence-electron chi connectivity index (χ0n) is 7.29. The first-order chi connectivity index (χ1) is 6.66. The molecule has 0 spiro atoms.